The molecule has 1 aromatic heterocycles. The van der Waals surface area contributed by atoms with E-state index in [1.54, 1.807) is 12.4 Å². The van der Waals surface area contributed by atoms with Crippen molar-refractivity contribution in [3.05, 3.63) is 60.4 Å². The summed E-state index contributed by atoms with van der Waals surface area (Å²) < 4.78 is 0. The summed E-state index contributed by atoms with van der Waals surface area (Å²) in [7, 11) is 0. The Labute approximate surface area is 125 Å². The first-order chi connectivity index (χ1) is 10.2. The minimum absolute atomic E-state index is 0.0174. The Morgan fingerprint density at radius 2 is 1.86 bits per heavy atom. The van der Waals surface area contributed by atoms with Gasteiger partial charge in [0.25, 0.3) is 0 Å². The zero-order chi connectivity index (χ0) is 15.1. The monoisotopic (exact) mass is 280 g/mol. The van der Waals surface area contributed by atoms with E-state index in [9.17, 15) is 0 Å². The second-order valence-electron chi connectivity index (χ2n) is 5.02. The van der Waals surface area contributed by atoms with Crippen LogP contribution in [0.2, 0.25) is 0 Å². The SMILES string of the molecule is CC(N)C(c1ccncc1)N(CCC#N)c1ccccc1. The molecule has 2 N–H and O–H groups in total. The van der Waals surface area contributed by atoms with E-state index >= 15 is 0 Å². The molecule has 0 spiro atoms. The molecule has 4 heteroatoms. The van der Waals surface area contributed by atoms with Gasteiger partial charge in [0.1, 0.15) is 0 Å². The van der Waals surface area contributed by atoms with Gasteiger partial charge in [0, 0.05) is 30.7 Å². The molecule has 2 aromatic rings. The molecule has 0 amide bonds. The van der Waals surface area contributed by atoms with Crippen molar-refractivity contribution in [1.82, 2.24) is 4.98 Å². The lowest BCUT2D eigenvalue weighted by Gasteiger charge is -2.36. The number of nitrogens with zero attached hydrogens (tertiary/aromatic N) is 3. The molecular formula is C17H20N4. The summed E-state index contributed by atoms with van der Waals surface area (Å²) >= 11 is 0. The normalized spacial score (nSPS) is 13.2. The summed E-state index contributed by atoms with van der Waals surface area (Å²) in [5, 5.41) is 8.94. The third kappa shape index (κ3) is 3.80. The van der Waals surface area contributed by atoms with Gasteiger partial charge in [-0.05, 0) is 36.8 Å². The fraction of sp³-hybridized carbons (Fsp3) is 0.294. The van der Waals surface area contributed by atoms with E-state index in [1.807, 2.05) is 49.4 Å². The van der Waals surface area contributed by atoms with Crippen molar-refractivity contribution in [3.63, 3.8) is 0 Å². The van der Waals surface area contributed by atoms with Gasteiger partial charge in [-0.2, -0.15) is 5.26 Å². The van der Waals surface area contributed by atoms with Crippen LogP contribution in [0.1, 0.15) is 24.9 Å². The van der Waals surface area contributed by atoms with Crippen LogP contribution in [0.15, 0.2) is 54.9 Å². The maximum atomic E-state index is 8.94. The zero-order valence-corrected chi connectivity index (χ0v) is 12.2. The first kappa shape index (κ1) is 15.0. The van der Waals surface area contributed by atoms with Crippen LogP contribution < -0.4 is 10.6 Å². The summed E-state index contributed by atoms with van der Waals surface area (Å²) in [5.41, 5.74) is 8.42. The fourth-order valence-electron chi connectivity index (χ4n) is 2.55. The molecule has 2 unspecified atom stereocenters. The summed E-state index contributed by atoms with van der Waals surface area (Å²) in [4.78, 5) is 6.27. The van der Waals surface area contributed by atoms with E-state index in [0.29, 0.717) is 13.0 Å². The molecule has 0 saturated carbocycles. The predicted octanol–water partition coefficient (Wildman–Crippen LogP) is 2.89. The number of nitrogens with two attached hydrogens (primary N) is 1. The second kappa shape index (κ2) is 7.41. The Bertz CT molecular complexity index is 575. The van der Waals surface area contributed by atoms with E-state index < -0.39 is 0 Å². The highest BCUT2D eigenvalue weighted by molar-refractivity contribution is 5.49. The van der Waals surface area contributed by atoms with Gasteiger partial charge in [0.05, 0.1) is 18.5 Å². The zero-order valence-electron chi connectivity index (χ0n) is 12.2. The van der Waals surface area contributed by atoms with Gasteiger partial charge in [-0.1, -0.05) is 18.2 Å². The van der Waals surface area contributed by atoms with Crippen LogP contribution in [0.5, 0.6) is 0 Å². The number of benzene rings is 1. The second-order valence-corrected chi connectivity index (χ2v) is 5.02. The first-order valence-corrected chi connectivity index (χ1v) is 7.08. The lowest BCUT2D eigenvalue weighted by atomic mass is 9.99. The highest BCUT2D eigenvalue weighted by Gasteiger charge is 2.24. The van der Waals surface area contributed by atoms with Crippen LogP contribution in [0.4, 0.5) is 5.69 Å². The molecular weight excluding hydrogens is 260 g/mol. The van der Waals surface area contributed by atoms with Crippen molar-refractivity contribution in [1.29, 1.82) is 5.26 Å². The van der Waals surface area contributed by atoms with Crippen LogP contribution in [-0.4, -0.2) is 17.6 Å². The largest absolute Gasteiger partial charge is 0.362 e. The van der Waals surface area contributed by atoms with E-state index in [2.05, 4.69) is 16.0 Å². The molecule has 2 rings (SSSR count). The Hall–Kier alpha value is -2.38. The summed E-state index contributed by atoms with van der Waals surface area (Å²) in [6, 6.07) is 16.2. The van der Waals surface area contributed by atoms with Gasteiger partial charge in [0.15, 0.2) is 0 Å². The molecule has 21 heavy (non-hydrogen) atoms. The fourth-order valence-corrected chi connectivity index (χ4v) is 2.55. The first-order valence-electron chi connectivity index (χ1n) is 7.08. The van der Waals surface area contributed by atoms with Gasteiger partial charge in [0.2, 0.25) is 0 Å². The molecule has 0 aliphatic carbocycles. The molecule has 0 saturated heterocycles. The molecule has 0 fully saturated rings. The number of nitriles is 1. The molecule has 2 atom stereocenters. The van der Waals surface area contributed by atoms with Crippen LogP contribution in [-0.2, 0) is 0 Å². The molecule has 0 aliphatic heterocycles. The van der Waals surface area contributed by atoms with E-state index in [0.717, 1.165) is 11.3 Å². The maximum Gasteiger partial charge on any atom is 0.0692 e. The maximum absolute atomic E-state index is 8.94. The van der Waals surface area contributed by atoms with Gasteiger partial charge in [-0.15, -0.1) is 0 Å². The Morgan fingerprint density at radius 3 is 2.43 bits per heavy atom. The Morgan fingerprint density at radius 1 is 1.19 bits per heavy atom. The molecule has 0 aliphatic rings. The molecule has 1 heterocycles. The number of anilines is 1. The lowest BCUT2D eigenvalue weighted by Crippen LogP contribution is -2.40. The smallest absolute Gasteiger partial charge is 0.0692 e. The van der Waals surface area contributed by atoms with Crippen molar-refractivity contribution in [3.8, 4) is 6.07 Å². The minimum Gasteiger partial charge on any atom is -0.362 e. The van der Waals surface area contributed by atoms with Crippen molar-refractivity contribution in [2.75, 3.05) is 11.4 Å². The molecule has 4 nitrogen and oxygen atoms in total. The van der Waals surface area contributed by atoms with E-state index in [4.69, 9.17) is 11.0 Å². The van der Waals surface area contributed by atoms with Crippen molar-refractivity contribution in [2.45, 2.75) is 25.4 Å². The highest BCUT2D eigenvalue weighted by Crippen LogP contribution is 2.29. The van der Waals surface area contributed by atoms with E-state index in [-0.39, 0.29) is 12.1 Å². The number of pyridine rings is 1. The van der Waals surface area contributed by atoms with Gasteiger partial charge >= 0.3 is 0 Å². The van der Waals surface area contributed by atoms with Crippen LogP contribution in [0.3, 0.4) is 0 Å². The third-order valence-electron chi connectivity index (χ3n) is 3.43. The van der Waals surface area contributed by atoms with Crippen LogP contribution in [0.25, 0.3) is 0 Å². The minimum atomic E-state index is -0.0636. The van der Waals surface area contributed by atoms with Gasteiger partial charge in [-0.3, -0.25) is 4.98 Å². The summed E-state index contributed by atoms with van der Waals surface area (Å²) in [6.45, 7) is 2.64. The summed E-state index contributed by atoms with van der Waals surface area (Å²) in [5.74, 6) is 0. The van der Waals surface area contributed by atoms with Crippen molar-refractivity contribution >= 4 is 5.69 Å². The highest BCUT2D eigenvalue weighted by atomic mass is 15.2. The quantitative estimate of drug-likeness (QED) is 0.883. The molecule has 0 bridgehead atoms. The Balaban J connectivity index is 2.39. The number of rotatable bonds is 6. The molecule has 108 valence electrons. The van der Waals surface area contributed by atoms with E-state index in [1.165, 1.54) is 0 Å². The average Bonchev–Trinajstić information content (AvgIpc) is 2.52. The van der Waals surface area contributed by atoms with Crippen molar-refractivity contribution in [2.24, 2.45) is 5.73 Å². The molecule has 1 aromatic carbocycles. The van der Waals surface area contributed by atoms with Crippen LogP contribution in [0, 0.1) is 11.3 Å². The number of hydrogen-bond acceptors (Lipinski definition) is 4. The summed E-state index contributed by atoms with van der Waals surface area (Å²) in [6.07, 6.45) is 4.01. The lowest BCUT2D eigenvalue weighted by molar-refractivity contribution is 0.531. The Kier molecular flexibility index (Phi) is 5.30. The van der Waals surface area contributed by atoms with Gasteiger partial charge < -0.3 is 10.6 Å². The van der Waals surface area contributed by atoms with Crippen molar-refractivity contribution < 1.29 is 0 Å². The number of hydrogen-bond donors (Lipinski definition) is 1. The van der Waals surface area contributed by atoms with Gasteiger partial charge in [-0.25, -0.2) is 0 Å². The average molecular weight is 280 g/mol. The third-order valence-corrected chi connectivity index (χ3v) is 3.43. The number of aromatic nitrogens is 1. The van der Waals surface area contributed by atoms with Crippen LogP contribution >= 0.6 is 0 Å². The predicted molar refractivity (Wildman–Crippen MR) is 84.6 cm³/mol. The standard InChI is InChI=1S/C17H20N4/c1-14(19)17(15-8-11-20-12-9-15)21(13-5-10-18)16-6-3-2-4-7-16/h2-4,6-9,11-12,14,17H,5,13,19H2,1H3. The number of para-hydroxylation sites is 1. The molecule has 0 radical (unpaired) electrons. The topological polar surface area (TPSA) is 65.9 Å².